The van der Waals surface area contributed by atoms with Crippen molar-refractivity contribution in [3.8, 4) is 5.75 Å². The summed E-state index contributed by atoms with van der Waals surface area (Å²) in [6.45, 7) is 3.35. The molecule has 1 rings (SSSR count). The fourth-order valence-corrected chi connectivity index (χ4v) is 1.32. The van der Waals surface area contributed by atoms with Crippen LogP contribution in [0.2, 0.25) is 0 Å². The lowest BCUT2D eigenvalue weighted by Gasteiger charge is -2.08. The van der Waals surface area contributed by atoms with Crippen LogP contribution < -0.4 is 10.1 Å². The average Bonchev–Trinajstić information content (AvgIpc) is 2.46. The number of hydrogen-bond donors (Lipinski definition) is 1. The second-order valence-electron chi connectivity index (χ2n) is 3.73. The summed E-state index contributed by atoms with van der Waals surface area (Å²) in [7, 11) is 3.49. The van der Waals surface area contributed by atoms with Crippen molar-refractivity contribution in [2.45, 2.75) is 0 Å². The predicted octanol–water partition coefficient (Wildman–Crippen LogP) is 1.18. The molecule has 1 N–H and O–H groups in total. The third kappa shape index (κ3) is 7.61. The van der Waals surface area contributed by atoms with Gasteiger partial charge in [-0.05, 0) is 0 Å². The summed E-state index contributed by atoms with van der Waals surface area (Å²) >= 11 is 0. The molecule has 0 fully saturated rings. The number of aromatic nitrogens is 1. The fraction of sp³-hybridized carbons (Fsp3) is 0.615. The molecule has 0 radical (unpaired) electrons. The standard InChI is InChI=1S/C13H22N2O4/c1-14-12-9-13(11-15-10-12)19-8-7-18-6-5-17-4-3-16-2/h9-11,14H,3-8H2,1-2H3. The molecule has 0 amide bonds. The van der Waals surface area contributed by atoms with E-state index in [0.717, 1.165) is 11.4 Å². The molecule has 6 heteroatoms. The van der Waals surface area contributed by atoms with Crippen LogP contribution in [-0.4, -0.2) is 58.8 Å². The maximum atomic E-state index is 5.51. The second-order valence-corrected chi connectivity index (χ2v) is 3.73. The molecule has 0 spiro atoms. The Bertz CT molecular complexity index is 336. The molecule has 1 heterocycles. The molecular weight excluding hydrogens is 248 g/mol. The number of hydrogen-bond acceptors (Lipinski definition) is 6. The number of nitrogens with zero attached hydrogens (tertiary/aromatic N) is 1. The Morgan fingerprint density at radius 2 is 1.68 bits per heavy atom. The molecule has 0 saturated heterocycles. The lowest BCUT2D eigenvalue weighted by atomic mass is 10.4. The molecule has 108 valence electrons. The van der Waals surface area contributed by atoms with E-state index in [4.69, 9.17) is 18.9 Å². The summed E-state index contributed by atoms with van der Waals surface area (Å²) < 4.78 is 21.0. The van der Waals surface area contributed by atoms with Gasteiger partial charge in [-0.2, -0.15) is 0 Å². The van der Waals surface area contributed by atoms with E-state index in [1.807, 2.05) is 13.1 Å². The number of ether oxygens (including phenoxy) is 4. The van der Waals surface area contributed by atoms with Crippen molar-refractivity contribution in [3.63, 3.8) is 0 Å². The first-order valence-corrected chi connectivity index (χ1v) is 6.27. The smallest absolute Gasteiger partial charge is 0.139 e. The van der Waals surface area contributed by atoms with Crippen LogP contribution in [0.1, 0.15) is 0 Å². The van der Waals surface area contributed by atoms with Gasteiger partial charge in [-0.3, -0.25) is 4.98 Å². The zero-order valence-corrected chi connectivity index (χ0v) is 11.6. The number of rotatable bonds is 11. The van der Waals surface area contributed by atoms with Gasteiger partial charge in [-0.25, -0.2) is 0 Å². The van der Waals surface area contributed by atoms with Gasteiger partial charge in [0.1, 0.15) is 12.4 Å². The van der Waals surface area contributed by atoms with Crippen molar-refractivity contribution in [2.24, 2.45) is 0 Å². The highest BCUT2D eigenvalue weighted by Gasteiger charge is 1.96. The lowest BCUT2D eigenvalue weighted by molar-refractivity contribution is 0.0179. The number of anilines is 1. The number of methoxy groups -OCH3 is 1. The highest BCUT2D eigenvalue weighted by atomic mass is 16.6. The molecule has 0 unspecified atom stereocenters. The maximum absolute atomic E-state index is 5.51. The van der Waals surface area contributed by atoms with Crippen molar-refractivity contribution in [1.29, 1.82) is 0 Å². The van der Waals surface area contributed by atoms with E-state index in [-0.39, 0.29) is 0 Å². The molecule has 1 aromatic rings. The lowest BCUT2D eigenvalue weighted by Crippen LogP contribution is -2.12. The quantitative estimate of drug-likeness (QED) is 0.609. The monoisotopic (exact) mass is 270 g/mol. The third-order valence-electron chi connectivity index (χ3n) is 2.30. The molecule has 0 bridgehead atoms. The topological polar surface area (TPSA) is 61.8 Å². The molecule has 0 aromatic carbocycles. The van der Waals surface area contributed by atoms with Gasteiger partial charge in [-0.1, -0.05) is 0 Å². The summed E-state index contributed by atoms with van der Waals surface area (Å²) in [5, 5.41) is 3.00. The minimum Gasteiger partial charge on any atom is -0.489 e. The van der Waals surface area contributed by atoms with E-state index in [1.54, 1.807) is 19.5 Å². The third-order valence-corrected chi connectivity index (χ3v) is 2.30. The fourth-order valence-electron chi connectivity index (χ4n) is 1.32. The first-order valence-electron chi connectivity index (χ1n) is 6.27. The van der Waals surface area contributed by atoms with E-state index in [9.17, 15) is 0 Å². The second kappa shape index (κ2) is 10.5. The van der Waals surface area contributed by atoms with Crippen LogP contribution in [-0.2, 0) is 14.2 Å². The Morgan fingerprint density at radius 3 is 2.37 bits per heavy atom. The van der Waals surface area contributed by atoms with Crippen LogP contribution >= 0.6 is 0 Å². The molecule has 0 aliphatic heterocycles. The van der Waals surface area contributed by atoms with Gasteiger partial charge in [0.25, 0.3) is 0 Å². The summed E-state index contributed by atoms with van der Waals surface area (Å²) in [6.07, 6.45) is 3.41. The number of nitrogens with one attached hydrogen (secondary N) is 1. The van der Waals surface area contributed by atoms with Crippen LogP contribution in [0.25, 0.3) is 0 Å². The van der Waals surface area contributed by atoms with Crippen LogP contribution in [0, 0.1) is 0 Å². The minimum absolute atomic E-state index is 0.493. The normalized spacial score (nSPS) is 10.4. The highest BCUT2D eigenvalue weighted by Crippen LogP contribution is 2.14. The van der Waals surface area contributed by atoms with E-state index >= 15 is 0 Å². The molecule has 0 atom stereocenters. The van der Waals surface area contributed by atoms with Gasteiger partial charge < -0.3 is 24.3 Å². The van der Waals surface area contributed by atoms with Crippen LogP contribution in [0.3, 0.4) is 0 Å². The molecule has 0 aliphatic rings. The summed E-state index contributed by atoms with van der Waals surface area (Å²) in [5.41, 5.74) is 0.921. The SMILES string of the molecule is CNc1cncc(OCCOCCOCCOC)c1. The Hall–Kier alpha value is -1.37. The maximum Gasteiger partial charge on any atom is 0.139 e. The largest absolute Gasteiger partial charge is 0.489 e. The predicted molar refractivity (Wildman–Crippen MR) is 72.8 cm³/mol. The van der Waals surface area contributed by atoms with Gasteiger partial charge in [0.05, 0.1) is 51.1 Å². The van der Waals surface area contributed by atoms with Gasteiger partial charge in [-0.15, -0.1) is 0 Å². The van der Waals surface area contributed by atoms with E-state index in [0.29, 0.717) is 39.6 Å². The molecule has 0 aliphatic carbocycles. The first-order chi connectivity index (χ1) is 9.36. The highest BCUT2D eigenvalue weighted by molar-refractivity contribution is 5.44. The summed E-state index contributed by atoms with van der Waals surface area (Å²) in [4.78, 5) is 4.05. The van der Waals surface area contributed by atoms with Gasteiger partial charge in [0.2, 0.25) is 0 Å². The minimum atomic E-state index is 0.493. The number of pyridine rings is 1. The van der Waals surface area contributed by atoms with Gasteiger partial charge in [0.15, 0.2) is 0 Å². The Balaban J connectivity index is 1.98. The first kappa shape index (κ1) is 15.7. The Labute approximate surface area is 114 Å². The summed E-state index contributed by atoms with van der Waals surface area (Å²) in [6, 6.07) is 1.89. The van der Waals surface area contributed by atoms with Crippen molar-refractivity contribution in [1.82, 2.24) is 4.98 Å². The zero-order valence-electron chi connectivity index (χ0n) is 11.6. The van der Waals surface area contributed by atoms with Crippen LogP contribution in [0.4, 0.5) is 5.69 Å². The van der Waals surface area contributed by atoms with Crippen molar-refractivity contribution >= 4 is 5.69 Å². The van der Waals surface area contributed by atoms with E-state index in [2.05, 4.69) is 10.3 Å². The van der Waals surface area contributed by atoms with Crippen molar-refractivity contribution < 1.29 is 18.9 Å². The average molecular weight is 270 g/mol. The molecule has 0 saturated carbocycles. The van der Waals surface area contributed by atoms with Gasteiger partial charge in [0, 0.05) is 20.2 Å². The van der Waals surface area contributed by atoms with Crippen LogP contribution in [0.5, 0.6) is 5.75 Å². The molecule has 6 nitrogen and oxygen atoms in total. The molecule has 1 aromatic heterocycles. The molecular formula is C13H22N2O4. The summed E-state index contributed by atoms with van der Waals surface area (Å²) in [5.74, 6) is 0.729. The molecule has 19 heavy (non-hydrogen) atoms. The van der Waals surface area contributed by atoms with Crippen molar-refractivity contribution in [3.05, 3.63) is 18.5 Å². The van der Waals surface area contributed by atoms with Crippen molar-refractivity contribution in [2.75, 3.05) is 59.1 Å². The zero-order chi connectivity index (χ0) is 13.8. The Morgan fingerprint density at radius 1 is 1.00 bits per heavy atom. The van der Waals surface area contributed by atoms with E-state index in [1.165, 1.54) is 0 Å². The van der Waals surface area contributed by atoms with Gasteiger partial charge >= 0.3 is 0 Å². The van der Waals surface area contributed by atoms with Crippen LogP contribution in [0.15, 0.2) is 18.5 Å². The van der Waals surface area contributed by atoms with E-state index < -0.39 is 0 Å². The Kier molecular flexibility index (Phi) is 8.70.